The highest BCUT2D eigenvalue weighted by atomic mass is 19.4. The molecule has 1 aromatic carbocycles. The van der Waals surface area contributed by atoms with E-state index in [9.17, 15) is 17.6 Å². The van der Waals surface area contributed by atoms with Crippen molar-refractivity contribution in [3.05, 3.63) is 29.6 Å². The zero-order valence-electron chi connectivity index (χ0n) is 9.22. The molecular formula is C11H13F4NO. The molecule has 17 heavy (non-hydrogen) atoms. The van der Waals surface area contributed by atoms with Gasteiger partial charge in [0, 0.05) is 11.6 Å². The van der Waals surface area contributed by atoms with E-state index in [-0.39, 0.29) is 5.75 Å². The molecule has 0 aliphatic heterocycles. The average molecular weight is 251 g/mol. The van der Waals surface area contributed by atoms with Crippen LogP contribution < -0.4 is 10.5 Å². The standard InChI is InChI=1S/C11H13F4NO/c1-7(16)9-6-8(12)2-3-10(9)17-5-4-11(13,14)15/h2-3,6-7H,4-5,16H2,1H3/t7-/m0/s1. The van der Waals surface area contributed by atoms with Gasteiger partial charge in [0.2, 0.25) is 0 Å². The largest absolute Gasteiger partial charge is 0.493 e. The van der Waals surface area contributed by atoms with Crippen molar-refractivity contribution in [3.8, 4) is 5.75 Å². The Kier molecular flexibility index (Phi) is 4.34. The van der Waals surface area contributed by atoms with Crippen LogP contribution in [0.15, 0.2) is 18.2 Å². The van der Waals surface area contributed by atoms with Crippen molar-refractivity contribution in [2.75, 3.05) is 6.61 Å². The first-order chi connectivity index (χ1) is 7.79. The molecule has 0 saturated carbocycles. The van der Waals surface area contributed by atoms with Crippen molar-refractivity contribution in [1.82, 2.24) is 0 Å². The van der Waals surface area contributed by atoms with Gasteiger partial charge in [-0.25, -0.2) is 4.39 Å². The van der Waals surface area contributed by atoms with Crippen LogP contribution in [-0.2, 0) is 0 Å². The third-order valence-corrected chi connectivity index (χ3v) is 2.11. The summed E-state index contributed by atoms with van der Waals surface area (Å²) in [5, 5.41) is 0. The maximum atomic E-state index is 12.9. The number of nitrogens with two attached hydrogens (primary N) is 1. The zero-order valence-corrected chi connectivity index (χ0v) is 9.22. The average Bonchev–Trinajstić information content (AvgIpc) is 2.18. The minimum atomic E-state index is -4.27. The molecule has 0 aliphatic rings. The van der Waals surface area contributed by atoms with Gasteiger partial charge in [-0.1, -0.05) is 0 Å². The first kappa shape index (κ1) is 13.8. The van der Waals surface area contributed by atoms with E-state index in [0.717, 1.165) is 12.1 Å². The van der Waals surface area contributed by atoms with E-state index >= 15 is 0 Å². The number of ether oxygens (including phenoxy) is 1. The molecule has 2 N–H and O–H groups in total. The smallest absolute Gasteiger partial charge is 0.392 e. The second kappa shape index (κ2) is 5.35. The fourth-order valence-electron chi connectivity index (χ4n) is 1.28. The summed E-state index contributed by atoms with van der Waals surface area (Å²) in [6, 6.07) is 3.05. The van der Waals surface area contributed by atoms with Gasteiger partial charge in [0.05, 0.1) is 13.0 Å². The number of hydrogen-bond acceptors (Lipinski definition) is 2. The van der Waals surface area contributed by atoms with Crippen LogP contribution in [0.1, 0.15) is 24.9 Å². The van der Waals surface area contributed by atoms with Gasteiger partial charge < -0.3 is 10.5 Å². The van der Waals surface area contributed by atoms with E-state index < -0.39 is 31.1 Å². The molecule has 0 radical (unpaired) electrons. The minimum absolute atomic E-state index is 0.186. The van der Waals surface area contributed by atoms with Crippen molar-refractivity contribution in [3.63, 3.8) is 0 Å². The molecule has 96 valence electrons. The summed E-state index contributed by atoms with van der Waals surface area (Å²) in [4.78, 5) is 0. The molecule has 0 heterocycles. The molecule has 1 rings (SSSR count). The fraction of sp³-hybridized carbons (Fsp3) is 0.455. The Bertz CT molecular complexity index is 376. The topological polar surface area (TPSA) is 35.2 Å². The molecule has 1 atom stereocenters. The maximum absolute atomic E-state index is 12.9. The van der Waals surface area contributed by atoms with Gasteiger partial charge in [0.1, 0.15) is 11.6 Å². The Labute approximate surface area is 96.4 Å². The Morgan fingerprint density at radius 1 is 1.35 bits per heavy atom. The predicted octanol–water partition coefficient (Wildman–Crippen LogP) is 3.18. The number of rotatable bonds is 4. The molecule has 0 fully saturated rings. The summed E-state index contributed by atoms with van der Waals surface area (Å²) in [5.74, 6) is -0.314. The fourth-order valence-corrected chi connectivity index (χ4v) is 1.28. The van der Waals surface area contributed by atoms with Crippen LogP contribution in [0.3, 0.4) is 0 Å². The molecule has 0 spiro atoms. The van der Waals surface area contributed by atoms with Crippen LogP contribution in [0.2, 0.25) is 0 Å². The molecule has 1 aromatic rings. The highest BCUT2D eigenvalue weighted by Gasteiger charge is 2.27. The lowest BCUT2D eigenvalue weighted by atomic mass is 10.1. The first-order valence-electron chi connectivity index (χ1n) is 5.04. The monoisotopic (exact) mass is 251 g/mol. The van der Waals surface area contributed by atoms with Gasteiger partial charge >= 0.3 is 6.18 Å². The number of benzene rings is 1. The summed E-state index contributed by atoms with van der Waals surface area (Å²) in [6.07, 6.45) is -5.32. The van der Waals surface area contributed by atoms with Gasteiger partial charge in [0.25, 0.3) is 0 Å². The lowest BCUT2D eigenvalue weighted by molar-refractivity contribution is -0.139. The van der Waals surface area contributed by atoms with Crippen LogP contribution in [0.4, 0.5) is 17.6 Å². The molecule has 0 unspecified atom stereocenters. The third kappa shape index (κ3) is 4.60. The predicted molar refractivity (Wildman–Crippen MR) is 55.2 cm³/mol. The molecule has 0 amide bonds. The molecule has 0 aliphatic carbocycles. The Hall–Kier alpha value is -1.30. The first-order valence-corrected chi connectivity index (χ1v) is 5.04. The quantitative estimate of drug-likeness (QED) is 0.834. The van der Waals surface area contributed by atoms with Crippen molar-refractivity contribution in [2.45, 2.75) is 25.6 Å². The minimum Gasteiger partial charge on any atom is -0.493 e. The van der Waals surface area contributed by atoms with E-state index in [0.29, 0.717) is 5.56 Å². The number of alkyl halides is 3. The van der Waals surface area contributed by atoms with Gasteiger partial charge in [-0.15, -0.1) is 0 Å². The summed E-state index contributed by atoms with van der Waals surface area (Å²) >= 11 is 0. The van der Waals surface area contributed by atoms with Crippen molar-refractivity contribution in [2.24, 2.45) is 5.73 Å². The van der Waals surface area contributed by atoms with Crippen molar-refractivity contribution >= 4 is 0 Å². The van der Waals surface area contributed by atoms with Gasteiger partial charge in [0.15, 0.2) is 0 Å². The summed E-state index contributed by atoms with van der Waals surface area (Å²) in [6.45, 7) is 1.10. The molecule has 0 aromatic heterocycles. The van der Waals surface area contributed by atoms with Gasteiger partial charge in [-0.3, -0.25) is 0 Å². The molecule has 6 heteroatoms. The lowest BCUT2D eigenvalue weighted by Gasteiger charge is -2.14. The second-order valence-electron chi connectivity index (χ2n) is 3.68. The molecule has 0 bridgehead atoms. The summed E-state index contributed by atoms with van der Waals surface area (Å²) in [7, 11) is 0. The number of hydrogen-bond donors (Lipinski definition) is 1. The van der Waals surface area contributed by atoms with Gasteiger partial charge in [-0.05, 0) is 25.1 Å². The maximum Gasteiger partial charge on any atom is 0.392 e. The van der Waals surface area contributed by atoms with E-state index in [1.165, 1.54) is 6.07 Å². The summed E-state index contributed by atoms with van der Waals surface area (Å²) < 4.78 is 53.6. The molecular weight excluding hydrogens is 238 g/mol. The van der Waals surface area contributed by atoms with Crippen LogP contribution in [0.25, 0.3) is 0 Å². The van der Waals surface area contributed by atoms with Crippen molar-refractivity contribution < 1.29 is 22.3 Å². The highest BCUT2D eigenvalue weighted by molar-refractivity contribution is 5.36. The molecule has 2 nitrogen and oxygen atoms in total. The van der Waals surface area contributed by atoms with Gasteiger partial charge in [-0.2, -0.15) is 13.2 Å². The van der Waals surface area contributed by atoms with Crippen LogP contribution in [-0.4, -0.2) is 12.8 Å². The summed E-state index contributed by atoms with van der Waals surface area (Å²) in [5.41, 5.74) is 5.93. The Balaban J connectivity index is 2.70. The Morgan fingerprint density at radius 3 is 2.53 bits per heavy atom. The highest BCUT2D eigenvalue weighted by Crippen LogP contribution is 2.26. The van der Waals surface area contributed by atoms with E-state index in [1.807, 2.05) is 0 Å². The molecule has 0 saturated heterocycles. The van der Waals surface area contributed by atoms with E-state index in [4.69, 9.17) is 10.5 Å². The van der Waals surface area contributed by atoms with E-state index in [2.05, 4.69) is 0 Å². The zero-order chi connectivity index (χ0) is 13.1. The lowest BCUT2D eigenvalue weighted by Crippen LogP contribution is -2.14. The van der Waals surface area contributed by atoms with Crippen LogP contribution in [0.5, 0.6) is 5.75 Å². The normalized spacial score (nSPS) is 13.5. The number of halogens is 4. The van der Waals surface area contributed by atoms with E-state index in [1.54, 1.807) is 6.92 Å². The third-order valence-electron chi connectivity index (χ3n) is 2.11. The second-order valence-corrected chi connectivity index (χ2v) is 3.68. The Morgan fingerprint density at radius 2 is 2.00 bits per heavy atom. The van der Waals surface area contributed by atoms with Crippen molar-refractivity contribution in [1.29, 1.82) is 0 Å². The SMILES string of the molecule is C[C@H](N)c1cc(F)ccc1OCCC(F)(F)F. The van der Waals surface area contributed by atoms with Crippen LogP contribution in [0, 0.1) is 5.82 Å². The van der Waals surface area contributed by atoms with Crippen LogP contribution >= 0.6 is 0 Å².